The second kappa shape index (κ2) is 5.36. The summed E-state index contributed by atoms with van der Waals surface area (Å²) in [5.74, 6) is -0.944. The zero-order valence-electron chi connectivity index (χ0n) is 12.1. The minimum atomic E-state index is -0.944. The summed E-state index contributed by atoms with van der Waals surface area (Å²) in [6.07, 6.45) is 0.709. The predicted octanol–water partition coefficient (Wildman–Crippen LogP) is 1.58. The van der Waals surface area contributed by atoms with Gasteiger partial charge in [0.15, 0.2) is 0 Å². The van der Waals surface area contributed by atoms with Crippen molar-refractivity contribution in [3.63, 3.8) is 0 Å². The van der Waals surface area contributed by atoms with Crippen molar-refractivity contribution in [1.82, 2.24) is 4.90 Å². The number of piperidine rings is 1. The van der Waals surface area contributed by atoms with Crippen LogP contribution in [0.25, 0.3) is 0 Å². The molecule has 0 aromatic heterocycles. The van der Waals surface area contributed by atoms with Crippen LogP contribution < -0.4 is 5.73 Å². The number of rotatable bonds is 2. The number of hydrogen-bond donors (Lipinski definition) is 2. The van der Waals surface area contributed by atoms with Crippen LogP contribution in [0.3, 0.4) is 0 Å². The van der Waals surface area contributed by atoms with Crippen molar-refractivity contribution in [3.8, 4) is 0 Å². The third-order valence-corrected chi connectivity index (χ3v) is 3.45. The summed E-state index contributed by atoms with van der Waals surface area (Å²) in [7, 11) is 0. The van der Waals surface area contributed by atoms with E-state index in [1.54, 1.807) is 27.7 Å². The van der Waals surface area contributed by atoms with Gasteiger partial charge in [-0.1, -0.05) is 0 Å². The van der Waals surface area contributed by atoms with Gasteiger partial charge in [-0.15, -0.1) is 0 Å². The van der Waals surface area contributed by atoms with Crippen molar-refractivity contribution in [1.29, 1.82) is 0 Å². The molecule has 0 radical (unpaired) electrons. The lowest BCUT2D eigenvalue weighted by Crippen LogP contribution is -2.63. The van der Waals surface area contributed by atoms with E-state index in [-0.39, 0.29) is 12.5 Å². The van der Waals surface area contributed by atoms with E-state index in [0.717, 1.165) is 0 Å². The Hall–Kier alpha value is -1.30. The predicted molar refractivity (Wildman–Crippen MR) is 70.8 cm³/mol. The molecule has 1 amide bonds. The zero-order chi connectivity index (χ0) is 14.8. The molecule has 0 aromatic carbocycles. The molecule has 0 saturated carbocycles. The summed E-state index contributed by atoms with van der Waals surface area (Å²) in [5.41, 5.74) is 4.71. The van der Waals surface area contributed by atoms with E-state index in [1.807, 2.05) is 0 Å². The van der Waals surface area contributed by atoms with Gasteiger partial charge < -0.3 is 20.5 Å². The van der Waals surface area contributed by atoms with Gasteiger partial charge in [0.05, 0.1) is 12.5 Å². The van der Waals surface area contributed by atoms with Gasteiger partial charge in [0, 0.05) is 12.1 Å². The Morgan fingerprint density at radius 2 is 2.05 bits per heavy atom. The second-order valence-electron chi connectivity index (χ2n) is 6.26. The molecule has 19 heavy (non-hydrogen) atoms. The van der Waals surface area contributed by atoms with Crippen molar-refractivity contribution in [2.45, 2.75) is 64.1 Å². The van der Waals surface area contributed by atoms with Crippen LogP contribution in [-0.2, 0) is 9.53 Å². The molecule has 3 N–H and O–H groups in total. The van der Waals surface area contributed by atoms with Crippen LogP contribution >= 0.6 is 0 Å². The first kappa shape index (κ1) is 15.8. The van der Waals surface area contributed by atoms with Crippen LogP contribution in [0.2, 0.25) is 0 Å². The molecule has 6 nitrogen and oxygen atoms in total. The Morgan fingerprint density at radius 1 is 1.47 bits per heavy atom. The molecule has 0 bridgehead atoms. The van der Waals surface area contributed by atoms with Crippen LogP contribution in [0.1, 0.15) is 47.0 Å². The van der Waals surface area contributed by atoms with Gasteiger partial charge in [0.25, 0.3) is 0 Å². The zero-order valence-corrected chi connectivity index (χ0v) is 12.1. The van der Waals surface area contributed by atoms with E-state index in [0.29, 0.717) is 19.4 Å². The minimum absolute atomic E-state index is 0.145. The van der Waals surface area contributed by atoms with Crippen LogP contribution in [0.5, 0.6) is 0 Å². The fourth-order valence-corrected chi connectivity index (χ4v) is 2.38. The maximum absolute atomic E-state index is 12.1. The largest absolute Gasteiger partial charge is 0.481 e. The third kappa shape index (κ3) is 4.09. The summed E-state index contributed by atoms with van der Waals surface area (Å²) in [5, 5.41) is 8.95. The third-order valence-electron chi connectivity index (χ3n) is 3.45. The van der Waals surface area contributed by atoms with E-state index in [4.69, 9.17) is 15.6 Å². The number of carboxylic acid groups (broad SMARTS) is 1. The van der Waals surface area contributed by atoms with Gasteiger partial charge in [-0.25, -0.2) is 4.79 Å². The lowest BCUT2D eigenvalue weighted by molar-refractivity contribution is -0.139. The fourth-order valence-electron chi connectivity index (χ4n) is 2.38. The van der Waals surface area contributed by atoms with E-state index in [1.165, 1.54) is 4.90 Å². The van der Waals surface area contributed by atoms with E-state index in [2.05, 4.69) is 0 Å². The number of aliphatic carboxylic acids is 1. The number of nitrogens with zero attached hydrogens (tertiary/aromatic N) is 1. The first-order chi connectivity index (χ1) is 8.55. The molecule has 1 aliphatic rings. The Bertz CT molecular complexity index is 364. The van der Waals surface area contributed by atoms with Gasteiger partial charge >= 0.3 is 12.1 Å². The molecular formula is C13H24N2O4. The van der Waals surface area contributed by atoms with Crippen LogP contribution in [0, 0.1) is 0 Å². The smallest absolute Gasteiger partial charge is 0.410 e. The van der Waals surface area contributed by atoms with Crippen molar-refractivity contribution in [2.24, 2.45) is 5.73 Å². The van der Waals surface area contributed by atoms with Crippen molar-refractivity contribution in [3.05, 3.63) is 0 Å². The first-order valence-electron chi connectivity index (χ1n) is 6.55. The number of likely N-dealkylation sites (tertiary alicyclic amines) is 1. The molecule has 0 aromatic rings. The number of hydrogen-bond acceptors (Lipinski definition) is 4. The van der Waals surface area contributed by atoms with Crippen molar-refractivity contribution < 1.29 is 19.4 Å². The highest BCUT2D eigenvalue weighted by Gasteiger charge is 2.43. The molecule has 1 aliphatic heterocycles. The molecule has 1 heterocycles. The molecule has 0 spiro atoms. The number of ether oxygens (including phenoxy) is 1. The molecule has 1 rings (SSSR count). The summed E-state index contributed by atoms with van der Waals surface area (Å²) in [6, 6.07) is -0.354. The van der Waals surface area contributed by atoms with Gasteiger partial charge in [-0.3, -0.25) is 4.79 Å². The number of carbonyl (C=O) groups excluding carboxylic acids is 1. The fraction of sp³-hybridized carbons (Fsp3) is 0.846. The van der Waals surface area contributed by atoms with Crippen LogP contribution in [0.15, 0.2) is 0 Å². The lowest BCUT2D eigenvalue weighted by Gasteiger charge is -2.45. The molecule has 6 heteroatoms. The molecule has 1 saturated heterocycles. The number of carbonyl (C=O) groups is 2. The van der Waals surface area contributed by atoms with Crippen molar-refractivity contribution >= 4 is 12.1 Å². The van der Waals surface area contributed by atoms with Crippen molar-refractivity contribution in [2.75, 3.05) is 6.54 Å². The normalized spacial score (nSPS) is 28.1. The molecular weight excluding hydrogens is 248 g/mol. The molecule has 0 aliphatic carbocycles. The van der Waals surface area contributed by atoms with Crippen LogP contribution in [0.4, 0.5) is 4.79 Å². The van der Waals surface area contributed by atoms with Gasteiger partial charge in [-0.2, -0.15) is 0 Å². The second-order valence-corrected chi connectivity index (χ2v) is 6.26. The van der Waals surface area contributed by atoms with E-state index in [9.17, 15) is 9.59 Å². The average molecular weight is 272 g/mol. The lowest BCUT2D eigenvalue weighted by atomic mass is 9.80. The summed E-state index contributed by atoms with van der Waals surface area (Å²) in [6.45, 7) is 7.73. The Labute approximate surface area is 113 Å². The highest BCUT2D eigenvalue weighted by Crippen LogP contribution is 2.29. The molecule has 2 unspecified atom stereocenters. The maximum Gasteiger partial charge on any atom is 0.410 e. The van der Waals surface area contributed by atoms with Gasteiger partial charge in [0.2, 0.25) is 0 Å². The van der Waals surface area contributed by atoms with Gasteiger partial charge in [-0.05, 0) is 40.5 Å². The minimum Gasteiger partial charge on any atom is -0.481 e. The summed E-state index contributed by atoms with van der Waals surface area (Å²) in [4.78, 5) is 24.5. The standard InChI is InChI=1S/C13H24N2O4/c1-9-13(14,8-10(16)17)6-5-7-15(9)11(18)19-12(2,3)4/h9H,5-8,14H2,1-4H3,(H,16,17). The SMILES string of the molecule is CC1N(C(=O)OC(C)(C)C)CCCC1(N)CC(=O)O. The van der Waals surface area contributed by atoms with E-state index >= 15 is 0 Å². The highest BCUT2D eigenvalue weighted by molar-refractivity contribution is 5.71. The summed E-state index contributed by atoms with van der Waals surface area (Å²) < 4.78 is 5.33. The first-order valence-corrected chi connectivity index (χ1v) is 6.55. The van der Waals surface area contributed by atoms with Gasteiger partial charge in [0.1, 0.15) is 5.60 Å². The highest BCUT2D eigenvalue weighted by atomic mass is 16.6. The van der Waals surface area contributed by atoms with E-state index < -0.39 is 23.2 Å². The quantitative estimate of drug-likeness (QED) is 0.796. The Balaban J connectivity index is 2.80. The number of carboxylic acids is 1. The monoisotopic (exact) mass is 272 g/mol. The molecule has 110 valence electrons. The number of amides is 1. The maximum atomic E-state index is 12.1. The summed E-state index contributed by atoms with van der Waals surface area (Å²) >= 11 is 0. The Kier molecular flexibility index (Phi) is 4.45. The average Bonchev–Trinajstić information content (AvgIpc) is 2.18. The Morgan fingerprint density at radius 3 is 2.53 bits per heavy atom. The van der Waals surface area contributed by atoms with Crippen LogP contribution in [-0.4, -0.2) is 45.8 Å². The molecule has 2 atom stereocenters. The number of nitrogens with two attached hydrogens (primary N) is 1. The topological polar surface area (TPSA) is 92.9 Å². The molecule has 1 fully saturated rings.